The van der Waals surface area contributed by atoms with Crippen molar-refractivity contribution >= 4 is 34.1 Å². The predicted molar refractivity (Wildman–Crippen MR) is 108 cm³/mol. The number of anilines is 1. The fraction of sp³-hybridized carbons (Fsp3) is 0.333. The van der Waals surface area contributed by atoms with E-state index in [0.29, 0.717) is 22.4 Å². The van der Waals surface area contributed by atoms with E-state index in [2.05, 4.69) is 30.7 Å². The summed E-state index contributed by atoms with van der Waals surface area (Å²) < 4.78 is 0. The molecule has 2 heterocycles. The number of amides is 1. The smallest absolute Gasteiger partial charge is 0.239 e. The van der Waals surface area contributed by atoms with Crippen molar-refractivity contribution in [2.45, 2.75) is 43.5 Å². The molecule has 7 nitrogen and oxygen atoms in total. The zero-order valence-corrected chi connectivity index (χ0v) is 16.9. The van der Waals surface area contributed by atoms with Gasteiger partial charge in [-0.3, -0.25) is 10.1 Å². The highest BCUT2D eigenvalue weighted by molar-refractivity contribution is 8.00. The van der Waals surface area contributed by atoms with E-state index in [9.17, 15) is 4.79 Å². The maximum Gasteiger partial charge on any atom is 0.239 e. The average molecular weight is 401 g/mol. The second kappa shape index (κ2) is 9.01. The van der Waals surface area contributed by atoms with Crippen molar-refractivity contribution in [1.29, 1.82) is 0 Å². The third kappa shape index (κ3) is 5.08. The monoisotopic (exact) mass is 400 g/mol. The molecule has 0 fully saturated rings. The Morgan fingerprint density at radius 2 is 1.93 bits per heavy atom. The first kappa shape index (κ1) is 19.4. The van der Waals surface area contributed by atoms with Gasteiger partial charge >= 0.3 is 0 Å². The number of aromatic nitrogens is 5. The van der Waals surface area contributed by atoms with E-state index in [-0.39, 0.29) is 17.1 Å². The zero-order chi connectivity index (χ0) is 19.2. The lowest BCUT2D eigenvalue weighted by Crippen LogP contribution is -2.24. The van der Waals surface area contributed by atoms with Gasteiger partial charge in [-0.15, -0.1) is 20.4 Å². The molecule has 3 aromatic rings. The summed E-state index contributed by atoms with van der Waals surface area (Å²) in [7, 11) is 0. The van der Waals surface area contributed by atoms with Gasteiger partial charge in [-0.1, -0.05) is 74.2 Å². The Kier molecular flexibility index (Phi) is 6.46. The van der Waals surface area contributed by atoms with Crippen molar-refractivity contribution in [2.75, 3.05) is 5.32 Å². The van der Waals surface area contributed by atoms with E-state index in [4.69, 9.17) is 0 Å². The van der Waals surface area contributed by atoms with Crippen LogP contribution in [0.15, 0.2) is 41.7 Å². The Morgan fingerprint density at radius 3 is 2.52 bits per heavy atom. The summed E-state index contributed by atoms with van der Waals surface area (Å²) in [6.07, 6.45) is 2.31. The quantitative estimate of drug-likeness (QED) is 0.599. The highest BCUT2D eigenvalue weighted by atomic mass is 32.2. The van der Waals surface area contributed by atoms with Crippen LogP contribution in [0.25, 0.3) is 11.3 Å². The lowest BCUT2D eigenvalue weighted by molar-refractivity contribution is -0.115. The Morgan fingerprint density at radius 1 is 1.15 bits per heavy atom. The van der Waals surface area contributed by atoms with Gasteiger partial charge in [0.05, 0.1) is 11.4 Å². The molecule has 0 unspecified atom stereocenters. The Labute approximate surface area is 166 Å². The van der Waals surface area contributed by atoms with E-state index in [0.717, 1.165) is 10.6 Å². The highest BCUT2D eigenvalue weighted by Crippen LogP contribution is 2.26. The molecule has 1 atom stereocenters. The summed E-state index contributed by atoms with van der Waals surface area (Å²) in [6, 6.07) is 9.73. The summed E-state index contributed by atoms with van der Waals surface area (Å²) >= 11 is 2.69. The third-order valence-corrected chi connectivity index (χ3v) is 6.05. The minimum Gasteiger partial charge on any atom is -0.300 e. The standard InChI is InChI=1S/C18H20N6OS2/c1-4-14(15(25)20-18-24-22-16(27-18)11(2)3)26-17-19-10-13(21-23-17)12-8-6-5-7-9-12/h5-11,14H,4H2,1-3H3,(H,20,24,25)/t14-/m0/s1. The number of nitrogens with one attached hydrogen (secondary N) is 1. The van der Waals surface area contributed by atoms with Crippen LogP contribution < -0.4 is 5.32 Å². The van der Waals surface area contributed by atoms with Crippen molar-refractivity contribution < 1.29 is 4.79 Å². The summed E-state index contributed by atoms with van der Waals surface area (Å²) in [5, 5.41) is 20.9. The molecule has 0 spiro atoms. The highest BCUT2D eigenvalue weighted by Gasteiger charge is 2.21. The lowest BCUT2D eigenvalue weighted by Gasteiger charge is -2.11. The number of carbonyl (C=O) groups excluding carboxylic acids is 1. The number of rotatable bonds is 7. The molecule has 0 bridgehead atoms. The fourth-order valence-corrected chi connectivity index (χ4v) is 3.75. The van der Waals surface area contributed by atoms with Crippen molar-refractivity contribution in [2.24, 2.45) is 0 Å². The molecular weight excluding hydrogens is 380 g/mol. The van der Waals surface area contributed by atoms with Crippen molar-refractivity contribution in [3.63, 3.8) is 0 Å². The van der Waals surface area contributed by atoms with Crippen LogP contribution >= 0.6 is 23.1 Å². The van der Waals surface area contributed by atoms with Gasteiger partial charge in [-0.25, -0.2) is 4.98 Å². The first-order valence-electron chi connectivity index (χ1n) is 8.63. The fourth-order valence-electron chi connectivity index (χ4n) is 2.21. The summed E-state index contributed by atoms with van der Waals surface area (Å²) in [6.45, 7) is 6.03. The van der Waals surface area contributed by atoms with Gasteiger partial charge < -0.3 is 0 Å². The second-order valence-electron chi connectivity index (χ2n) is 6.10. The van der Waals surface area contributed by atoms with Crippen molar-refractivity contribution in [3.8, 4) is 11.3 Å². The average Bonchev–Trinajstić information content (AvgIpc) is 3.16. The molecule has 1 amide bonds. The van der Waals surface area contributed by atoms with Crippen LogP contribution in [-0.2, 0) is 4.79 Å². The van der Waals surface area contributed by atoms with Gasteiger partial charge in [0.2, 0.25) is 16.2 Å². The molecule has 0 aliphatic carbocycles. The zero-order valence-electron chi connectivity index (χ0n) is 15.3. The number of hydrogen-bond donors (Lipinski definition) is 1. The van der Waals surface area contributed by atoms with Crippen molar-refractivity contribution in [3.05, 3.63) is 41.5 Å². The van der Waals surface area contributed by atoms with Crippen LogP contribution in [0.3, 0.4) is 0 Å². The first-order chi connectivity index (χ1) is 13.1. The molecule has 140 valence electrons. The predicted octanol–water partition coefficient (Wildman–Crippen LogP) is 4.02. The Balaban J connectivity index is 1.64. The van der Waals surface area contributed by atoms with Crippen LogP contribution in [0.2, 0.25) is 0 Å². The molecule has 1 N–H and O–H groups in total. The number of hydrogen-bond acceptors (Lipinski definition) is 8. The van der Waals surface area contributed by atoms with Gasteiger partial charge in [-0.2, -0.15) is 0 Å². The van der Waals surface area contributed by atoms with Crippen LogP contribution in [-0.4, -0.2) is 36.5 Å². The minimum atomic E-state index is -0.333. The van der Waals surface area contributed by atoms with Crippen molar-refractivity contribution in [1.82, 2.24) is 25.4 Å². The topological polar surface area (TPSA) is 93.5 Å². The Bertz CT molecular complexity index is 882. The third-order valence-electron chi connectivity index (χ3n) is 3.69. The molecule has 2 aromatic heterocycles. The molecule has 0 saturated carbocycles. The van der Waals surface area contributed by atoms with Crippen LogP contribution in [0.4, 0.5) is 5.13 Å². The maximum absolute atomic E-state index is 12.5. The SMILES string of the molecule is CC[C@H](Sc1ncc(-c2ccccc2)nn1)C(=O)Nc1nnc(C(C)C)s1. The largest absolute Gasteiger partial charge is 0.300 e. The second-order valence-corrected chi connectivity index (χ2v) is 8.28. The molecule has 0 saturated heterocycles. The molecule has 3 rings (SSSR count). The van der Waals surface area contributed by atoms with E-state index in [1.165, 1.54) is 23.1 Å². The number of carbonyl (C=O) groups is 1. The molecule has 1 aromatic carbocycles. The molecule has 0 aliphatic rings. The normalized spacial score (nSPS) is 12.1. The Hall–Kier alpha value is -2.39. The molecule has 0 aliphatic heterocycles. The van der Waals surface area contributed by atoms with Gasteiger partial charge in [0.1, 0.15) is 10.7 Å². The van der Waals surface area contributed by atoms with Crippen LogP contribution in [0.5, 0.6) is 0 Å². The van der Waals surface area contributed by atoms with E-state index in [1.54, 1.807) is 6.20 Å². The van der Waals surface area contributed by atoms with E-state index < -0.39 is 0 Å². The summed E-state index contributed by atoms with van der Waals surface area (Å²) in [5.41, 5.74) is 1.66. The first-order valence-corrected chi connectivity index (χ1v) is 10.3. The van der Waals surface area contributed by atoms with E-state index >= 15 is 0 Å². The molecular formula is C18H20N6OS2. The van der Waals surface area contributed by atoms with Gasteiger partial charge in [0, 0.05) is 11.5 Å². The van der Waals surface area contributed by atoms with Crippen LogP contribution in [0.1, 0.15) is 38.1 Å². The lowest BCUT2D eigenvalue weighted by atomic mass is 10.2. The molecule has 9 heteroatoms. The number of benzene rings is 1. The van der Waals surface area contributed by atoms with E-state index in [1.807, 2.05) is 51.1 Å². The van der Waals surface area contributed by atoms with Gasteiger partial charge in [0.15, 0.2) is 0 Å². The summed E-state index contributed by atoms with van der Waals surface area (Å²) in [4.78, 5) is 16.9. The number of thioether (sulfide) groups is 1. The van der Waals surface area contributed by atoms with Gasteiger partial charge in [-0.05, 0) is 6.42 Å². The summed E-state index contributed by atoms with van der Waals surface area (Å²) in [5.74, 6) is 0.150. The number of nitrogens with zero attached hydrogens (tertiary/aromatic N) is 5. The minimum absolute atomic E-state index is 0.135. The maximum atomic E-state index is 12.5. The van der Waals surface area contributed by atoms with Gasteiger partial charge in [0.25, 0.3) is 0 Å². The molecule has 27 heavy (non-hydrogen) atoms. The molecule has 0 radical (unpaired) electrons. The van der Waals surface area contributed by atoms with Crippen LogP contribution in [0, 0.1) is 0 Å².